The second kappa shape index (κ2) is 9.78. The first-order chi connectivity index (χ1) is 13.7. The van der Waals surface area contributed by atoms with Crippen molar-refractivity contribution in [2.24, 2.45) is 0 Å². The molecule has 0 aromatic heterocycles. The van der Waals surface area contributed by atoms with Crippen molar-refractivity contribution < 1.29 is 17.9 Å². The van der Waals surface area contributed by atoms with Crippen LogP contribution >= 0.6 is 0 Å². The Morgan fingerprint density at radius 3 is 2.03 bits per heavy atom. The number of nitrogens with one attached hydrogen (secondary N) is 1. The number of anilines is 1. The fourth-order valence-corrected chi connectivity index (χ4v) is 3.91. The molecule has 0 radical (unpaired) electrons. The zero-order valence-electron chi connectivity index (χ0n) is 17.7. The molecule has 2 rings (SSSR count). The fourth-order valence-electron chi connectivity index (χ4n) is 3.05. The zero-order valence-corrected chi connectivity index (χ0v) is 18.5. The Hall–Kier alpha value is -2.54. The molecule has 2 aromatic carbocycles. The maximum Gasteiger partial charge on any atom is 0.241 e. The minimum absolute atomic E-state index is 0.210. The number of amides is 1. The van der Waals surface area contributed by atoms with Crippen LogP contribution in [0.5, 0.6) is 5.75 Å². The van der Waals surface area contributed by atoms with Crippen molar-refractivity contribution in [1.29, 1.82) is 0 Å². The van der Waals surface area contributed by atoms with Crippen molar-refractivity contribution in [3.05, 3.63) is 59.7 Å². The summed E-state index contributed by atoms with van der Waals surface area (Å²) in [4.78, 5) is 12.7. The van der Waals surface area contributed by atoms with Gasteiger partial charge < -0.3 is 10.1 Å². The molecule has 1 N–H and O–H groups in total. The third-order valence-corrected chi connectivity index (χ3v) is 5.94. The SMILES string of the molecule is CC[C@@H](NC(=O)CN(c1ccc(C(C)C)cc1)S(C)(=O)=O)c1ccc(OC)cc1. The average Bonchev–Trinajstić information content (AvgIpc) is 2.69. The van der Waals surface area contributed by atoms with Crippen molar-refractivity contribution >= 4 is 21.6 Å². The number of methoxy groups -OCH3 is 1. The van der Waals surface area contributed by atoms with E-state index in [-0.39, 0.29) is 18.5 Å². The normalized spacial score (nSPS) is 12.5. The summed E-state index contributed by atoms with van der Waals surface area (Å²) in [5, 5.41) is 2.94. The van der Waals surface area contributed by atoms with Crippen LogP contribution in [0.15, 0.2) is 48.5 Å². The largest absolute Gasteiger partial charge is 0.497 e. The predicted octanol–water partition coefficient (Wildman–Crippen LogP) is 3.85. The smallest absolute Gasteiger partial charge is 0.241 e. The third kappa shape index (κ3) is 6.22. The Balaban J connectivity index is 2.16. The third-order valence-electron chi connectivity index (χ3n) is 4.80. The van der Waals surface area contributed by atoms with Gasteiger partial charge in [0.15, 0.2) is 0 Å². The molecule has 0 saturated heterocycles. The molecular formula is C22H30N2O4S. The van der Waals surface area contributed by atoms with Gasteiger partial charge in [-0.2, -0.15) is 0 Å². The number of hydrogen-bond acceptors (Lipinski definition) is 4. The van der Waals surface area contributed by atoms with Gasteiger partial charge in [-0.15, -0.1) is 0 Å². The lowest BCUT2D eigenvalue weighted by Crippen LogP contribution is -2.41. The van der Waals surface area contributed by atoms with E-state index in [4.69, 9.17) is 4.74 Å². The first-order valence-electron chi connectivity index (χ1n) is 9.66. The topological polar surface area (TPSA) is 75.7 Å². The second-order valence-electron chi connectivity index (χ2n) is 7.32. The summed E-state index contributed by atoms with van der Waals surface area (Å²) in [6.07, 6.45) is 1.79. The van der Waals surface area contributed by atoms with Gasteiger partial charge in [0.2, 0.25) is 15.9 Å². The molecule has 2 aromatic rings. The van der Waals surface area contributed by atoms with Gasteiger partial charge >= 0.3 is 0 Å². The molecule has 1 amide bonds. The number of carbonyl (C=O) groups excluding carboxylic acids is 1. The molecule has 0 fully saturated rings. The minimum Gasteiger partial charge on any atom is -0.497 e. The minimum atomic E-state index is -3.61. The zero-order chi connectivity index (χ0) is 21.6. The molecule has 29 heavy (non-hydrogen) atoms. The number of hydrogen-bond donors (Lipinski definition) is 1. The molecule has 1 atom stereocenters. The van der Waals surface area contributed by atoms with E-state index in [9.17, 15) is 13.2 Å². The highest BCUT2D eigenvalue weighted by Gasteiger charge is 2.22. The van der Waals surface area contributed by atoms with Crippen LogP contribution in [-0.2, 0) is 14.8 Å². The molecular weight excluding hydrogens is 388 g/mol. The molecule has 0 aliphatic carbocycles. The Bertz CT molecular complexity index is 907. The van der Waals surface area contributed by atoms with E-state index < -0.39 is 10.0 Å². The summed E-state index contributed by atoms with van der Waals surface area (Å²) in [5.41, 5.74) is 2.52. The van der Waals surface area contributed by atoms with Crippen LogP contribution in [0.25, 0.3) is 0 Å². The van der Waals surface area contributed by atoms with E-state index in [0.717, 1.165) is 27.4 Å². The van der Waals surface area contributed by atoms with Gasteiger partial charge in [0.05, 0.1) is 25.1 Å². The molecule has 0 aliphatic heterocycles. The number of benzene rings is 2. The van der Waals surface area contributed by atoms with Crippen molar-refractivity contribution in [3.63, 3.8) is 0 Å². The highest BCUT2D eigenvalue weighted by atomic mass is 32.2. The molecule has 6 nitrogen and oxygen atoms in total. The molecule has 0 heterocycles. The molecule has 0 aliphatic rings. The monoisotopic (exact) mass is 418 g/mol. The lowest BCUT2D eigenvalue weighted by Gasteiger charge is -2.24. The quantitative estimate of drug-likeness (QED) is 0.671. The van der Waals surface area contributed by atoms with Crippen molar-refractivity contribution in [2.45, 2.75) is 39.2 Å². The Morgan fingerprint density at radius 2 is 1.59 bits per heavy atom. The van der Waals surface area contributed by atoms with E-state index in [2.05, 4.69) is 19.2 Å². The number of nitrogens with zero attached hydrogens (tertiary/aromatic N) is 1. The van der Waals surface area contributed by atoms with Gasteiger partial charge in [0.25, 0.3) is 0 Å². The maximum absolute atomic E-state index is 12.7. The Labute approximate surface area is 173 Å². The molecule has 0 bridgehead atoms. The van der Waals surface area contributed by atoms with Gasteiger partial charge in [-0.1, -0.05) is 45.0 Å². The van der Waals surface area contributed by atoms with Crippen LogP contribution in [0.1, 0.15) is 50.3 Å². The Kier molecular flexibility index (Phi) is 7.67. The number of ether oxygens (including phenoxy) is 1. The number of carbonyl (C=O) groups is 1. The molecule has 7 heteroatoms. The summed E-state index contributed by atoms with van der Waals surface area (Å²) >= 11 is 0. The number of rotatable bonds is 9. The van der Waals surface area contributed by atoms with Gasteiger partial charge in [-0.05, 0) is 47.7 Å². The van der Waals surface area contributed by atoms with Crippen LogP contribution in [-0.4, -0.2) is 34.2 Å². The molecule has 0 saturated carbocycles. The average molecular weight is 419 g/mol. The molecule has 0 spiro atoms. The van der Waals surface area contributed by atoms with Gasteiger partial charge in [0.1, 0.15) is 12.3 Å². The van der Waals surface area contributed by atoms with Crippen molar-refractivity contribution in [2.75, 3.05) is 24.2 Å². The van der Waals surface area contributed by atoms with Crippen molar-refractivity contribution in [1.82, 2.24) is 5.32 Å². The lowest BCUT2D eigenvalue weighted by atomic mass is 10.0. The highest BCUT2D eigenvalue weighted by molar-refractivity contribution is 7.92. The van der Waals surface area contributed by atoms with E-state index in [1.165, 1.54) is 0 Å². The van der Waals surface area contributed by atoms with Crippen molar-refractivity contribution in [3.8, 4) is 5.75 Å². The Morgan fingerprint density at radius 1 is 1.03 bits per heavy atom. The van der Waals surface area contributed by atoms with E-state index >= 15 is 0 Å². The van der Waals surface area contributed by atoms with Crippen LogP contribution in [0.4, 0.5) is 5.69 Å². The number of sulfonamides is 1. The fraction of sp³-hybridized carbons (Fsp3) is 0.409. The van der Waals surface area contributed by atoms with E-state index in [1.807, 2.05) is 43.3 Å². The second-order valence-corrected chi connectivity index (χ2v) is 9.22. The van der Waals surface area contributed by atoms with Gasteiger partial charge in [-0.25, -0.2) is 8.42 Å². The maximum atomic E-state index is 12.7. The standard InChI is InChI=1S/C22H30N2O4S/c1-6-21(18-9-13-20(28-4)14-10-18)23-22(25)15-24(29(5,26)27)19-11-7-17(8-12-19)16(2)3/h7-14,16,21H,6,15H2,1-5H3,(H,23,25)/t21-/m1/s1. The first-order valence-corrected chi connectivity index (χ1v) is 11.5. The lowest BCUT2D eigenvalue weighted by molar-refractivity contribution is -0.120. The highest BCUT2D eigenvalue weighted by Crippen LogP contribution is 2.23. The molecule has 158 valence electrons. The van der Waals surface area contributed by atoms with Crippen LogP contribution < -0.4 is 14.4 Å². The van der Waals surface area contributed by atoms with E-state index in [1.54, 1.807) is 19.2 Å². The summed E-state index contributed by atoms with van der Waals surface area (Å²) in [6.45, 7) is 5.84. The van der Waals surface area contributed by atoms with E-state index in [0.29, 0.717) is 18.0 Å². The van der Waals surface area contributed by atoms with Crippen LogP contribution in [0.3, 0.4) is 0 Å². The summed E-state index contributed by atoms with van der Waals surface area (Å²) in [6, 6.07) is 14.5. The summed E-state index contributed by atoms with van der Waals surface area (Å²) in [7, 11) is -2.01. The van der Waals surface area contributed by atoms with Gasteiger partial charge in [-0.3, -0.25) is 9.10 Å². The van der Waals surface area contributed by atoms with Crippen LogP contribution in [0, 0.1) is 0 Å². The predicted molar refractivity (Wildman–Crippen MR) is 117 cm³/mol. The molecule has 0 unspecified atom stereocenters. The van der Waals surface area contributed by atoms with Crippen LogP contribution in [0.2, 0.25) is 0 Å². The summed E-state index contributed by atoms with van der Waals surface area (Å²) in [5.74, 6) is 0.725. The first kappa shape index (κ1) is 22.7. The van der Waals surface area contributed by atoms with Gasteiger partial charge in [0, 0.05) is 0 Å². The summed E-state index contributed by atoms with van der Waals surface area (Å²) < 4.78 is 30.9.